The molecule has 0 bridgehead atoms. The van der Waals surface area contributed by atoms with Crippen LogP contribution < -0.4 is 5.73 Å². The molecule has 0 amide bonds. The van der Waals surface area contributed by atoms with E-state index in [2.05, 4.69) is 10.3 Å². The number of hydrogen-bond donors (Lipinski definition) is 1. The Hall–Kier alpha value is -2.36. The third-order valence-corrected chi connectivity index (χ3v) is 2.67. The number of nitrogens with zero attached hydrogens (tertiary/aromatic N) is 3. The molecule has 0 saturated heterocycles. The summed E-state index contributed by atoms with van der Waals surface area (Å²) in [4.78, 5) is 0. The molecule has 2 aromatic carbocycles. The summed E-state index contributed by atoms with van der Waals surface area (Å²) in [6.45, 7) is 1.30. The van der Waals surface area contributed by atoms with Crippen molar-refractivity contribution in [1.82, 2.24) is 5.01 Å². The van der Waals surface area contributed by atoms with Gasteiger partial charge in [-0.1, -0.05) is 47.7 Å². The van der Waals surface area contributed by atoms with Crippen LogP contribution in [0.1, 0.15) is 11.1 Å². The zero-order valence-corrected chi connectivity index (χ0v) is 11.0. The fourth-order valence-corrected chi connectivity index (χ4v) is 1.79. The van der Waals surface area contributed by atoms with E-state index >= 15 is 0 Å². The highest BCUT2D eigenvalue weighted by Crippen LogP contribution is 2.09. The highest BCUT2D eigenvalue weighted by molar-refractivity contribution is 5.40. The standard InChI is InChI=1S/C15H18N4/c1-19(12-14-8-5-9-15(16)10-14)18-17-11-13-6-3-2-4-7-13/h2-10H,11-12,16H2,1H3/b18-17-. The van der Waals surface area contributed by atoms with E-state index in [1.165, 1.54) is 0 Å². The third kappa shape index (κ3) is 4.43. The summed E-state index contributed by atoms with van der Waals surface area (Å²) in [6.07, 6.45) is 0. The van der Waals surface area contributed by atoms with Crippen LogP contribution in [0.15, 0.2) is 64.9 Å². The Morgan fingerprint density at radius 3 is 2.47 bits per heavy atom. The molecular formula is C15H18N4. The van der Waals surface area contributed by atoms with Crippen LogP contribution in [0.2, 0.25) is 0 Å². The highest BCUT2D eigenvalue weighted by Gasteiger charge is 1.97. The molecule has 4 heteroatoms. The molecule has 0 unspecified atom stereocenters. The monoisotopic (exact) mass is 254 g/mol. The van der Waals surface area contributed by atoms with Gasteiger partial charge in [0.1, 0.15) is 0 Å². The van der Waals surface area contributed by atoms with Gasteiger partial charge in [-0.25, -0.2) is 0 Å². The predicted octanol–water partition coefficient (Wildman–Crippen LogP) is 3.27. The Bertz CT molecular complexity index is 537. The van der Waals surface area contributed by atoms with E-state index in [9.17, 15) is 0 Å². The minimum absolute atomic E-state index is 0.599. The van der Waals surface area contributed by atoms with Crippen LogP contribution in [-0.4, -0.2) is 12.1 Å². The van der Waals surface area contributed by atoms with Crippen LogP contribution in [0, 0.1) is 0 Å². The van der Waals surface area contributed by atoms with Crippen LogP contribution in [0.25, 0.3) is 0 Å². The number of rotatable bonds is 5. The first-order valence-corrected chi connectivity index (χ1v) is 6.21. The fourth-order valence-electron chi connectivity index (χ4n) is 1.79. The molecule has 98 valence electrons. The van der Waals surface area contributed by atoms with E-state index in [1.807, 2.05) is 61.6 Å². The average Bonchev–Trinajstić information content (AvgIpc) is 2.40. The van der Waals surface area contributed by atoms with E-state index in [0.717, 1.165) is 16.8 Å². The molecule has 4 nitrogen and oxygen atoms in total. The van der Waals surface area contributed by atoms with Gasteiger partial charge in [0.15, 0.2) is 0 Å². The molecule has 0 saturated carbocycles. The first-order valence-electron chi connectivity index (χ1n) is 6.21. The number of benzene rings is 2. The molecule has 2 rings (SSSR count). The zero-order valence-electron chi connectivity index (χ0n) is 11.0. The van der Waals surface area contributed by atoms with E-state index in [1.54, 1.807) is 5.01 Å². The van der Waals surface area contributed by atoms with Crippen molar-refractivity contribution >= 4 is 5.69 Å². The van der Waals surface area contributed by atoms with Crippen LogP contribution in [0.4, 0.5) is 5.69 Å². The van der Waals surface area contributed by atoms with Crippen LogP contribution in [0.3, 0.4) is 0 Å². The first kappa shape index (κ1) is 13.1. The number of nitrogens with two attached hydrogens (primary N) is 1. The lowest BCUT2D eigenvalue weighted by molar-refractivity contribution is 0.317. The molecule has 0 aromatic heterocycles. The van der Waals surface area contributed by atoms with Crippen LogP contribution in [0.5, 0.6) is 0 Å². The van der Waals surface area contributed by atoms with E-state index < -0.39 is 0 Å². The maximum absolute atomic E-state index is 5.74. The van der Waals surface area contributed by atoms with Crippen molar-refractivity contribution in [3.63, 3.8) is 0 Å². The summed E-state index contributed by atoms with van der Waals surface area (Å²) in [7, 11) is 1.90. The van der Waals surface area contributed by atoms with Crippen molar-refractivity contribution in [2.45, 2.75) is 13.1 Å². The van der Waals surface area contributed by atoms with Gasteiger partial charge < -0.3 is 5.73 Å². The smallest absolute Gasteiger partial charge is 0.0870 e. The SMILES string of the molecule is CN(Cc1cccc(N)c1)/N=N\Cc1ccccc1. The number of hydrogen-bond acceptors (Lipinski definition) is 3. The molecule has 0 aliphatic carbocycles. The van der Waals surface area contributed by atoms with Gasteiger partial charge in [0.25, 0.3) is 0 Å². The molecule has 0 atom stereocenters. The van der Waals surface area contributed by atoms with E-state index in [0.29, 0.717) is 13.1 Å². The Labute approximate surface area is 113 Å². The third-order valence-electron chi connectivity index (χ3n) is 2.67. The van der Waals surface area contributed by atoms with Crippen molar-refractivity contribution in [2.75, 3.05) is 12.8 Å². The molecule has 2 aromatic rings. The van der Waals surface area contributed by atoms with Gasteiger partial charge in [-0.15, -0.1) is 0 Å². The molecule has 0 aliphatic heterocycles. The summed E-state index contributed by atoms with van der Waals surface area (Å²) < 4.78 is 0. The second-order valence-corrected chi connectivity index (χ2v) is 4.44. The van der Waals surface area contributed by atoms with Crippen molar-refractivity contribution in [1.29, 1.82) is 0 Å². The first-order chi connectivity index (χ1) is 9.24. The molecule has 0 fully saturated rings. The van der Waals surface area contributed by atoms with Gasteiger partial charge in [0.2, 0.25) is 0 Å². The topological polar surface area (TPSA) is 54.0 Å². The van der Waals surface area contributed by atoms with Crippen molar-refractivity contribution in [3.05, 3.63) is 65.7 Å². The Balaban J connectivity index is 1.86. The second-order valence-electron chi connectivity index (χ2n) is 4.44. The van der Waals surface area contributed by atoms with Crippen molar-refractivity contribution in [2.24, 2.45) is 10.3 Å². The Kier molecular flexibility index (Phi) is 4.50. The molecule has 0 radical (unpaired) electrons. The fraction of sp³-hybridized carbons (Fsp3) is 0.200. The molecule has 0 aliphatic rings. The largest absolute Gasteiger partial charge is 0.399 e. The van der Waals surface area contributed by atoms with Gasteiger partial charge in [-0.05, 0) is 23.3 Å². The lowest BCUT2D eigenvalue weighted by Crippen LogP contribution is -2.09. The average molecular weight is 254 g/mol. The predicted molar refractivity (Wildman–Crippen MR) is 77.3 cm³/mol. The maximum atomic E-state index is 5.74. The highest BCUT2D eigenvalue weighted by atomic mass is 15.5. The van der Waals surface area contributed by atoms with Crippen LogP contribution >= 0.6 is 0 Å². The molecule has 0 spiro atoms. The second kappa shape index (κ2) is 6.54. The summed E-state index contributed by atoms with van der Waals surface area (Å²) in [6, 6.07) is 17.9. The minimum Gasteiger partial charge on any atom is -0.399 e. The normalized spacial score (nSPS) is 10.8. The maximum Gasteiger partial charge on any atom is 0.0870 e. The minimum atomic E-state index is 0.599. The van der Waals surface area contributed by atoms with Crippen LogP contribution in [-0.2, 0) is 13.1 Å². The lowest BCUT2D eigenvalue weighted by atomic mass is 10.2. The number of nitrogen functional groups attached to an aromatic ring is 1. The molecule has 2 N–H and O–H groups in total. The van der Waals surface area contributed by atoms with Gasteiger partial charge in [0, 0.05) is 12.7 Å². The Morgan fingerprint density at radius 1 is 1.00 bits per heavy atom. The van der Waals surface area contributed by atoms with Gasteiger partial charge in [-0.2, -0.15) is 5.11 Å². The Morgan fingerprint density at radius 2 is 1.74 bits per heavy atom. The summed E-state index contributed by atoms with van der Waals surface area (Å²) in [5.41, 5.74) is 8.79. The van der Waals surface area contributed by atoms with Gasteiger partial charge >= 0.3 is 0 Å². The number of anilines is 1. The van der Waals surface area contributed by atoms with E-state index in [-0.39, 0.29) is 0 Å². The lowest BCUT2D eigenvalue weighted by Gasteiger charge is -2.11. The molecular weight excluding hydrogens is 236 g/mol. The summed E-state index contributed by atoms with van der Waals surface area (Å²) in [5.74, 6) is 0. The van der Waals surface area contributed by atoms with E-state index in [4.69, 9.17) is 5.73 Å². The van der Waals surface area contributed by atoms with Crippen molar-refractivity contribution < 1.29 is 0 Å². The molecule has 0 heterocycles. The summed E-state index contributed by atoms with van der Waals surface area (Å²) >= 11 is 0. The van der Waals surface area contributed by atoms with Crippen molar-refractivity contribution in [3.8, 4) is 0 Å². The zero-order chi connectivity index (χ0) is 13.5. The quantitative estimate of drug-likeness (QED) is 0.506. The molecule has 19 heavy (non-hydrogen) atoms. The summed E-state index contributed by atoms with van der Waals surface area (Å²) in [5, 5.41) is 10.1. The van der Waals surface area contributed by atoms with Gasteiger partial charge in [-0.3, -0.25) is 5.01 Å². The van der Waals surface area contributed by atoms with Gasteiger partial charge in [0.05, 0.1) is 13.1 Å².